The molecule has 144 valence electrons. The molecule has 1 aliphatic rings. The van der Waals surface area contributed by atoms with Crippen LogP contribution in [0.25, 0.3) is 0 Å². The molecule has 0 saturated carbocycles. The summed E-state index contributed by atoms with van der Waals surface area (Å²) in [5.74, 6) is 0.937. The van der Waals surface area contributed by atoms with E-state index in [1.165, 1.54) is 24.3 Å². The second-order valence-corrected chi connectivity index (χ2v) is 7.68. The van der Waals surface area contributed by atoms with Crippen LogP contribution in [0.1, 0.15) is 6.42 Å². The molecule has 2 aromatic carbocycles. The Hall–Kier alpha value is -2.46. The van der Waals surface area contributed by atoms with Crippen molar-refractivity contribution in [1.82, 2.24) is 5.32 Å². The van der Waals surface area contributed by atoms with Gasteiger partial charge >= 0.3 is 0 Å². The Morgan fingerprint density at radius 2 is 1.78 bits per heavy atom. The minimum atomic E-state index is -3.73. The van der Waals surface area contributed by atoms with E-state index in [9.17, 15) is 13.2 Å². The van der Waals surface area contributed by atoms with Crippen LogP contribution in [0.2, 0.25) is 0 Å². The molecule has 1 fully saturated rings. The van der Waals surface area contributed by atoms with E-state index in [-0.39, 0.29) is 16.8 Å². The Kier molecular flexibility index (Phi) is 6.07. The number of nitrogens with two attached hydrogens (primary N) is 1. The van der Waals surface area contributed by atoms with Crippen molar-refractivity contribution >= 4 is 21.6 Å². The van der Waals surface area contributed by atoms with Gasteiger partial charge in [0.05, 0.1) is 18.1 Å². The van der Waals surface area contributed by atoms with E-state index in [4.69, 9.17) is 14.6 Å². The van der Waals surface area contributed by atoms with Crippen LogP contribution in [0.5, 0.6) is 11.5 Å². The van der Waals surface area contributed by atoms with Gasteiger partial charge in [0, 0.05) is 24.7 Å². The fourth-order valence-corrected chi connectivity index (χ4v) is 3.14. The predicted octanol–water partition coefficient (Wildman–Crippen LogP) is 1.44. The summed E-state index contributed by atoms with van der Waals surface area (Å²) in [7, 11) is -3.73. The van der Waals surface area contributed by atoms with Gasteiger partial charge in [-0.3, -0.25) is 4.79 Å². The van der Waals surface area contributed by atoms with Crippen LogP contribution in [0.4, 0.5) is 5.69 Å². The molecule has 1 heterocycles. The number of carbonyl (C=O) groups is 1. The number of nitrogens with one attached hydrogen (secondary N) is 2. The van der Waals surface area contributed by atoms with E-state index >= 15 is 0 Å². The quantitative estimate of drug-likeness (QED) is 0.685. The van der Waals surface area contributed by atoms with E-state index in [1.807, 2.05) is 0 Å². The van der Waals surface area contributed by atoms with Crippen LogP contribution in [0.3, 0.4) is 0 Å². The van der Waals surface area contributed by atoms with Crippen LogP contribution >= 0.6 is 0 Å². The van der Waals surface area contributed by atoms with Gasteiger partial charge in [-0.1, -0.05) is 0 Å². The Bertz CT molecular complexity index is 876. The zero-order chi connectivity index (χ0) is 19.3. The Balaban J connectivity index is 1.54. The van der Waals surface area contributed by atoms with Crippen molar-refractivity contribution in [3.63, 3.8) is 0 Å². The summed E-state index contributed by atoms with van der Waals surface area (Å²) < 4.78 is 33.5. The highest BCUT2D eigenvalue weighted by Gasteiger charge is 2.16. The van der Waals surface area contributed by atoms with Gasteiger partial charge in [-0.05, 0) is 48.5 Å². The lowest BCUT2D eigenvalue weighted by molar-refractivity contribution is -0.117. The first-order valence-corrected chi connectivity index (χ1v) is 9.96. The van der Waals surface area contributed by atoms with Gasteiger partial charge in [0.25, 0.3) is 0 Å². The van der Waals surface area contributed by atoms with Crippen LogP contribution < -0.4 is 20.5 Å². The van der Waals surface area contributed by atoms with Gasteiger partial charge in [0.1, 0.15) is 11.5 Å². The summed E-state index contributed by atoms with van der Waals surface area (Å²) in [4.78, 5) is 12.1. The van der Waals surface area contributed by atoms with E-state index < -0.39 is 10.0 Å². The maximum Gasteiger partial charge on any atom is 0.238 e. The molecule has 0 spiro atoms. The van der Waals surface area contributed by atoms with Crippen LogP contribution in [-0.4, -0.2) is 40.1 Å². The molecule has 3 rings (SSSR count). The molecule has 8 nitrogen and oxygen atoms in total. The third kappa shape index (κ3) is 5.76. The predicted molar refractivity (Wildman–Crippen MR) is 100 cm³/mol. The summed E-state index contributed by atoms with van der Waals surface area (Å²) in [5.41, 5.74) is 0.661. The van der Waals surface area contributed by atoms with Crippen molar-refractivity contribution in [3.05, 3.63) is 48.5 Å². The molecule has 2 aromatic rings. The Morgan fingerprint density at radius 1 is 1.15 bits per heavy atom. The monoisotopic (exact) mass is 391 g/mol. The molecular formula is C18H21N3O5S. The molecule has 1 unspecified atom stereocenters. The fraction of sp³-hybridized carbons (Fsp3) is 0.278. The molecule has 1 atom stereocenters. The largest absolute Gasteiger partial charge is 0.457 e. The number of rotatable bonds is 6. The van der Waals surface area contributed by atoms with Crippen LogP contribution in [0, 0.1) is 0 Å². The van der Waals surface area contributed by atoms with Gasteiger partial charge in [-0.2, -0.15) is 0 Å². The topological polar surface area (TPSA) is 120 Å². The van der Waals surface area contributed by atoms with Gasteiger partial charge in [0.2, 0.25) is 15.9 Å². The summed E-state index contributed by atoms with van der Waals surface area (Å²) >= 11 is 0. The average molecular weight is 391 g/mol. The maximum atomic E-state index is 12.1. The van der Waals surface area contributed by atoms with E-state index in [1.54, 1.807) is 24.3 Å². The summed E-state index contributed by atoms with van der Waals surface area (Å²) in [6, 6.07) is 12.7. The zero-order valence-corrected chi connectivity index (χ0v) is 15.4. The number of carbonyl (C=O) groups excluding carboxylic acids is 1. The number of ether oxygens (including phenoxy) is 2. The highest BCUT2D eigenvalue weighted by atomic mass is 32.2. The summed E-state index contributed by atoms with van der Waals surface area (Å²) in [5, 5.41) is 11.1. The van der Waals surface area contributed by atoms with E-state index in [0.717, 1.165) is 6.54 Å². The molecule has 1 aliphatic heterocycles. The van der Waals surface area contributed by atoms with Crippen molar-refractivity contribution < 1.29 is 22.7 Å². The Morgan fingerprint density at radius 3 is 2.33 bits per heavy atom. The maximum absolute atomic E-state index is 12.1. The van der Waals surface area contributed by atoms with Crippen molar-refractivity contribution in [1.29, 1.82) is 0 Å². The lowest BCUT2D eigenvalue weighted by Crippen LogP contribution is -2.43. The third-order valence-electron chi connectivity index (χ3n) is 3.96. The molecule has 0 bridgehead atoms. The lowest BCUT2D eigenvalue weighted by atomic mass is 10.2. The number of hydrogen-bond acceptors (Lipinski definition) is 6. The van der Waals surface area contributed by atoms with E-state index in [0.29, 0.717) is 36.8 Å². The standard InChI is InChI=1S/C18H21N3O5S/c19-27(23,24)17-7-5-16(6-8-17)26-15-3-1-13(2-4-15)21-18(22)11-14-12-25-10-9-20-14/h1-8,14,20H,9-12H2,(H,21,22)(H2,19,23,24). The molecule has 9 heteroatoms. The first-order valence-electron chi connectivity index (χ1n) is 8.42. The second-order valence-electron chi connectivity index (χ2n) is 6.12. The Labute approximate surface area is 157 Å². The molecule has 1 saturated heterocycles. The first kappa shape index (κ1) is 19.3. The first-order chi connectivity index (χ1) is 12.9. The average Bonchev–Trinajstić information content (AvgIpc) is 2.64. The van der Waals surface area contributed by atoms with Crippen LogP contribution in [-0.2, 0) is 19.6 Å². The molecule has 0 radical (unpaired) electrons. The fourth-order valence-electron chi connectivity index (χ4n) is 2.63. The minimum Gasteiger partial charge on any atom is -0.457 e. The minimum absolute atomic E-state index is 0.0192. The van der Waals surface area contributed by atoms with Gasteiger partial charge < -0.3 is 20.1 Å². The van der Waals surface area contributed by atoms with Crippen molar-refractivity contribution in [3.8, 4) is 11.5 Å². The van der Waals surface area contributed by atoms with E-state index in [2.05, 4.69) is 10.6 Å². The smallest absolute Gasteiger partial charge is 0.238 e. The number of benzene rings is 2. The highest BCUT2D eigenvalue weighted by molar-refractivity contribution is 7.89. The number of sulfonamides is 1. The van der Waals surface area contributed by atoms with Crippen molar-refractivity contribution in [2.75, 3.05) is 25.1 Å². The van der Waals surface area contributed by atoms with Crippen molar-refractivity contribution in [2.45, 2.75) is 17.4 Å². The number of morpholine rings is 1. The second kappa shape index (κ2) is 8.49. The van der Waals surface area contributed by atoms with Gasteiger partial charge in [0.15, 0.2) is 0 Å². The number of amides is 1. The number of anilines is 1. The highest BCUT2D eigenvalue weighted by Crippen LogP contribution is 2.24. The molecular weight excluding hydrogens is 370 g/mol. The molecule has 1 amide bonds. The van der Waals surface area contributed by atoms with Crippen LogP contribution in [0.15, 0.2) is 53.4 Å². The van der Waals surface area contributed by atoms with Gasteiger partial charge in [-0.25, -0.2) is 13.6 Å². The molecule has 27 heavy (non-hydrogen) atoms. The van der Waals surface area contributed by atoms with Crippen molar-refractivity contribution in [2.24, 2.45) is 5.14 Å². The lowest BCUT2D eigenvalue weighted by Gasteiger charge is -2.23. The molecule has 0 aliphatic carbocycles. The molecule has 0 aromatic heterocycles. The normalized spacial score (nSPS) is 17.3. The number of hydrogen-bond donors (Lipinski definition) is 3. The third-order valence-corrected chi connectivity index (χ3v) is 4.89. The summed E-state index contributed by atoms with van der Waals surface area (Å²) in [6.07, 6.45) is 0.342. The molecule has 4 N–H and O–H groups in total. The zero-order valence-electron chi connectivity index (χ0n) is 14.6. The summed E-state index contributed by atoms with van der Waals surface area (Å²) in [6.45, 7) is 1.96. The van der Waals surface area contributed by atoms with Gasteiger partial charge in [-0.15, -0.1) is 0 Å². The SMILES string of the molecule is NS(=O)(=O)c1ccc(Oc2ccc(NC(=O)CC3COCCN3)cc2)cc1. The number of primary sulfonamides is 1.